The predicted molar refractivity (Wildman–Crippen MR) is 73.6 cm³/mol. The minimum atomic E-state index is -4.61. The summed E-state index contributed by atoms with van der Waals surface area (Å²) in [6.07, 6.45) is -3.04. The van der Waals surface area contributed by atoms with Crippen LogP contribution >= 0.6 is 11.3 Å². The maximum atomic E-state index is 12.9. The first-order chi connectivity index (χ1) is 9.98. The second-order valence-electron chi connectivity index (χ2n) is 4.72. The van der Waals surface area contributed by atoms with Gasteiger partial charge in [-0.1, -0.05) is 18.2 Å². The first-order valence-electron chi connectivity index (χ1n) is 6.39. The van der Waals surface area contributed by atoms with E-state index in [0.717, 1.165) is 35.3 Å². The Morgan fingerprint density at radius 3 is 2.81 bits per heavy atom. The molecule has 110 valence electrons. The second kappa shape index (κ2) is 5.14. The van der Waals surface area contributed by atoms with Crippen LogP contribution < -0.4 is 4.90 Å². The summed E-state index contributed by atoms with van der Waals surface area (Å²) < 4.78 is 38.6. The number of rotatable bonds is 1. The van der Waals surface area contributed by atoms with Gasteiger partial charge in [0.25, 0.3) is 5.91 Å². The van der Waals surface area contributed by atoms with Crippen LogP contribution in [-0.4, -0.2) is 17.4 Å². The summed E-state index contributed by atoms with van der Waals surface area (Å²) in [5.74, 6) is -0.628. The molecule has 1 amide bonds. The van der Waals surface area contributed by atoms with Crippen LogP contribution in [0.2, 0.25) is 0 Å². The Hall–Kier alpha value is -1.89. The molecule has 2 aromatic rings. The molecule has 7 heteroatoms. The summed E-state index contributed by atoms with van der Waals surface area (Å²) >= 11 is 0.731. The summed E-state index contributed by atoms with van der Waals surface area (Å²) in [6.45, 7) is 0.422. The molecular formula is C14H11F3N2OS. The van der Waals surface area contributed by atoms with Gasteiger partial charge in [-0.25, -0.2) is 4.98 Å². The van der Waals surface area contributed by atoms with Crippen molar-refractivity contribution in [3.8, 4) is 0 Å². The molecule has 0 saturated carbocycles. The van der Waals surface area contributed by atoms with Crippen LogP contribution in [0.15, 0.2) is 29.8 Å². The third-order valence-corrected chi connectivity index (χ3v) is 4.20. The second-order valence-corrected chi connectivity index (χ2v) is 5.57. The van der Waals surface area contributed by atoms with Gasteiger partial charge >= 0.3 is 6.18 Å². The Morgan fingerprint density at radius 2 is 2.05 bits per heavy atom. The summed E-state index contributed by atoms with van der Waals surface area (Å²) in [5.41, 5.74) is 1.64. The predicted octanol–water partition coefficient (Wildman–Crippen LogP) is 3.75. The van der Waals surface area contributed by atoms with E-state index in [1.807, 2.05) is 12.1 Å². The number of alkyl halides is 3. The highest BCUT2D eigenvalue weighted by molar-refractivity contribution is 7.12. The van der Waals surface area contributed by atoms with Crippen LogP contribution in [0, 0.1) is 0 Å². The van der Waals surface area contributed by atoms with Crippen molar-refractivity contribution in [1.29, 1.82) is 0 Å². The van der Waals surface area contributed by atoms with Crippen LogP contribution in [0.3, 0.4) is 0 Å². The van der Waals surface area contributed by atoms with E-state index < -0.39 is 17.8 Å². The van der Waals surface area contributed by atoms with Crippen molar-refractivity contribution in [3.05, 3.63) is 45.9 Å². The number of para-hydroxylation sites is 1. The summed E-state index contributed by atoms with van der Waals surface area (Å²) in [5, 5.41) is 0. The number of amides is 1. The van der Waals surface area contributed by atoms with Gasteiger partial charge in [0.05, 0.1) is 5.51 Å². The van der Waals surface area contributed by atoms with E-state index >= 15 is 0 Å². The van der Waals surface area contributed by atoms with E-state index in [-0.39, 0.29) is 4.88 Å². The first kappa shape index (κ1) is 14.1. The highest BCUT2D eigenvalue weighted by Crippen LogP contribution is 2.35. The number of thiazole rings is 1. The SMILES string of the molecule is O=C(c1scnc1C(F)(F)F)N1CCCc2ccccc21. The zero-order valence-corrected chi connectivity index (χ0v) is 11.7. The van der Waals surface area contributed by atoms with Crippen molar-refractivity contribution >= 4 is 22.9 Å². The summed E-state index contributed by atoms with van der Waals surface area (Å²) in [4.78, 5) is 16.9. The lowest BCUT2D eigenvalue weighted by Crippen LogP contribution is -2.36. The highest BCUT2D eigenvalue weighted by Gasteiger charge is 2.40. The molecule has 0 saturated heterocycles. The van der Waals surface area contributed by atoms with Crippen molar-refractivity contribution < 1.29 is 18.0 Å². The molecule has 3 rings (SSSR count). The van der Waals surface area contributed by atoms with E-state index in [4.69, 9.17) is 0 Å². The number of halogens is 3. The van der Waals surface area contributed by atoms with Crippen molar-refractivity contribution in [1.82, 2.24) is 4.98 Å². The Kier molecular flexibility index (Phi) is 3.44. The van der Waals surface area contributed by atoms with Gasteiger partial charge in [-0.3, -0.25) is 4.79 Å². The van der Waals surface area contributed by atoms with Gasteiger partial charge in [0.1, 0.15) is 4.88 Å². The number of anilines is 1. The van der Waals surface area contributed by atoms with Crippen molar-refractivity contribution in [2.45, 2.75) is 19.0 Å². The van der Waals surface area contributed by atoms with Gasteiger partial charge in [0.15, 0.2) is 5.69 Å². The maximum Gasteiger partial charge on any atom is 0.434 e. The fourth-order valence-electron chi connectivity index (χ4n) is 2.47. The van der Waals surface area contributed by atoms with Gasteiger partial charge in [-0.05, 0) is 24.5 Å². The molecule has 1 aromatic heterocycles. The van der Waals surface area contributed by atoms with Crippen LogP contribution in [0.25, 0.3) is 0 Å². The van der Waals surface area contributed by atoms with E-state index in [9.17, 15) is 18.0 Å². The molecule has 0 bridgehead atoms. The number of hydrogen-bond donors (Lipinski definition) is 0. The molecule has 0 aliphatic carbocycles. The fraction of sp³-hybridized carbons (Fsp3) is 0.286. The number of hydrogen-bond acceptors (Lipinski definition) is 3. The lowest BCUT2D eigenvalue weighted by atomic mass is 10.0. The molecule has 0 fully saturated rings. The number of carbonyl (C=O) groups excluding carboxylic acids is 1. The third kappa shape index (κ3) is 2.53. The Morgan fingerprint density at radius 1 is 1.29 bits per heavy atom. The van der Waals surface area contributed by atoms with Crippen LogP contribution in [-0.2, 0) is 12.6 Å². The normalized spacial score (nSPS) is 14.9. The molecule has 1 aliphatic rings. The van der Waals surface area contributed by atoms with Crippen LogP contribution in [0.4, 0.5) is 18.9 Å². The van der Waals surface area contributed by atoms with E-state index in [0.29, 0.717) is 12.2 Å². The van der Waals surface area contributed by atoms with Crippen LogP contribution in [0.1, 0.15) is 27.3 Å². The van der Waals surface area contributed by atoms with Crippen molar-refractivity contribution in [2.24, 2.45) is 0 Å². The van der Waals surface area contributed by atoms with Gasteiger partial charge in [0.2, 0.25) is 0 Å². The van der Waals surface area contributed by atoms with Crippen molar-refractivity contribution in [3.63, 3.8) is 0 Å². The van der Waals surface area contributed by atoms with Gasteiger partial charge in [-0.2, -0.15) is 13.2 Å². The molecule has 0 spiro atoms. The first-order valence-corrected chi connectivity index (χ1v) is 7.27. The number of benzene rings is 1. The number of fused-ring (bicyclic) bond motifs is 1. The average Bonchev–Trinajstić information content (AvgIpc) is 2.95. The number of nitrogens with zero attached hydrogens (tertiary/aromatic N) is 2. The molecular weight excluding hydrogens is 301 g/mol. The molecule has 1 aromatic carbocycles. The zero-order chi connectivity index (χ0) is 15.0. The number of aryl methyl sites for hydroxylation is 1. The van der Waals surface area contributed by atoms with Crippen molar-refractivity contribution in [2.75, 3.05) is 11.4 Å². The van der Waals surface area contributed by atoms with E-state index in [1.54, 1.807) is 12.1 Å². The molecule has 0 unspecified atom stereocenters. The lowest BCUT2D eigenvalue weighted by molar-refractivity contribution is -0.141. The molecule has 21 heavy (non-hydrogen) atoms. The number of carbonyl (C=O) groups is 1. The smallest absolute Gasteiger partial charge is 0.307 e. The molecule has 3 nitrogen and oxygen atoms in total. The van der Waals surface area contributed by atoms with E-state index in [2.05, 4.69) is 4.98 Å². The van der Waals surface area contributed by atoms with Gasteiger partial charge in [-0.15, -0.1) is 11.3 Å². The topological polar surface area (TPSA) is 33.2 Å². The minimum absolute atomic E-state index is 0.348. The quantitative estimate of drug-likeness (QED) is 0.803. The standard InChI is InChI=1S/C14H11F3N2OS/c15-14(16,17)12-11(21-8-18-12)13(20)19-7-3-5-9-4-1-2-6-10(9)19/h1-2,4,6,8H,3,5,7H2. The van der Waals surface area contributed by atoms with Crippen LogP contribution in [0.5, 0.6) is 0 Å². The Labute approximate surface area is 123 Å². The third-order valence-electron chi connectivity index (χ3n) is 3.39. The fourth-order valence-corrected chi connectivity index (χ4v) is 3.22. The zero-order valence-electron chi connectivity index (χ0n) is 10.9. The Balaban J connectivity index is 2.00. The van der Waals surface area contributed by atoms with Gasteiger partial charge in [0, 0.05) is 12.2 Å². The molecule has 0 radical (unpaired) electrons. The number of aromatic nitrogens is 1. The molecule has 1 aliphatic heterocycles. The largest absolute Gasteiger partial charge is 0.434 e. The molecule has 0 N–H and O–H groups in total. The lowest BCUT2D eigenvalue weighted by Gasteiger charge is -2.29. The molecule has 0 atom stereocenters. The Bertz CT molecular complexity index is 681. The van der Waals surface area contributed by atoms with Gasteiger partial charge < -0.3 is 4.90 Å². The monoisotopic (exact) mass is 312 g/mol. The summed E-state index contributed by atoms with van der Waals surface area (Å²) in [7, 11) is 0. The highest BCUT2D eigenvalue weighted by atomic mass is 32.1. The summed E-state index contributed by atoms with van der Waals surface area (Å²) in [6, 6.07) is 7.30. The average molecular weight is 312 g/mol. The minimum Gasteiger partial charge on any atom is -0.307 e. The molecule has 2 heterocycles. The maximum absolute atomic E-state index is 12.9. The van der Waals surface area contributed by atoms with E-state index in [1.165, 1.54) is 4.90 Å².